The normalized spacial score (nSPS) is 21.8. The molecule has 3 heterocycles. The van der Waals surface area contributed by atoms with Gasteiger partial charge >= 0.3 is 0 Å². The number of aromatic nitrogens is 4. The molecule has 0 aromatic carbocycles. The number of rotatable bonds is 4. The van der Waals surface area contributed by atoms with Crippen molar-refractivity contribution in [1.29, 1.82) is 0 Å². The van der Waals surface area contributed by atoms with E-state index in [0.717, 1.165) is 25.2 Å². The Morgan fingerprint density at radius 2 is 2.21 bits per heavy atom. The topological polar surface area (TPSA) is 70.1 Å². The Morgan fingerprint density at radius 1 is 1.42 bits per heavy atom. The van der Waals surface area contributed by atoms with Crippen molar-refractivity contribution < 1.29 is 0 Å². The molecule has 0 spiro atoms. The highest BCUT2D eigenvalue weighted by Crippen LogP contribution is 2.35. The fraction of sp³-hybridized carbons (Fsp3) is 0.588. The number of nitrogens with one attached hydrogen (secondary N) is 1. The first kappa shape index (κ1) is 16.7. The first-order valence-electron chi connectivity index (χ1n) is 8.43. The van der Waals surface area contributed by atoms with Crippen LogP contribution in [0.4, 0.5) is 5.95 Å². The van der Waals surface area contributed by atoms with Crippen molar-refractivity contribution in [2.75, 3.05) is 32.1 Å². The molecule has 1 fully saturated rings. The van der Waals surface area contributed by atoms with Gasteiger partial charge in [-0.3, -0.25) is 19.4 Å². The van der Waals surface area contributed by atoms with Crippen LogP contribution >= 0.6 is 0 Å². The summed E-state index contributed by atoms with van der Waals surface area (Å²) in [6.07, 6.45) is 4.19. The molecule has 7 heteroatoms. The number of nitrogens with zero attached hydrogens (tertiary/aromatic N) is 5. The minimum atomic E-state index is -0.103. The van der Waals surface area contributed by atoms with Gasteiger partial charge < -0.3 is 4.90 Å². The molecule has 0 amide bonds. The Kier molecular flexibility index (Phi) is 4.71. The molecule has 0 bridgehead atoms. The Labute approximate surface area is 142 Å². The SMILES string of the molecule is Cc1cc(=O)[nH]c(N(C)C[C@@H]2CCCN(C)[C@H]2c2ccnn2C)n1. The van der Waals surface area contributed by atoms with Crippen molar-refractivity contribution >= 4 is 5.95 Å². The highest BCUT2D eigenvalue weighted by Gasteiger charge is 2.33. The predicted molar refractivity (Wildman–Crippen MR) is 94.2 cm³/mol. The molecular weight excluding hydrogens is 304 g/mol. The van der Waals surface area contributed by atoms with Crippen LogP contribution in [0.15, 0.2) is 23.1 Å². The minimum Gasteiger partial charge on any atom is -0.345 e. The molecule has 1 saturated heterocycles. The Morgan fingerprint density at radius 3 is 2.88 bits per heavy atom. The third-order valence-electron chi connectivity index (χ3n) is 4.90. The van der Waals surface area contributed by atoms with Crippen molar-refractivity contribution in [1.82, 2.24) is 24.6 Å². The van der Waals surface area contributed by atoms with Gasteiger partial charge in [0.15, 0.2) is 0 Å². The summed E-state index contributed by atoms with van der Waals surface area (Å²) in [4.78, 5) is 23.5. The van der Waals surface area contributed by atoms with Gasteiger partial charge in [-0.05, 0) is 45.3 Å². The maximum Gasteiger partial charge on any atom is 0.252 e. The van der Waals surface area contributed by atoms with Gasteiger partial charge in [0.05, 0.1) is 11.7 Å². The van der Waals surface area contributed by atoms with E-state index in [2.05, 4.69) is 38.0 Å². The molecule has 24 heavy (non-hydrogen) atoms. The summed E-state index contributed by atoms with van der Waals surface area (Å²) < 4.78 is 1.96. The van der Waals surface area contributed by atoms with Gasteiger partial charge in [0.2, 0.25) is 5.95 Å². The molecular formula is C17H26N6O. The van der Waals surface area contributed by atoms with Crippen molar-refractivity contribution in [2.24, 2.45) is 13.0 Å². The number of H-pyrrole nitrogens is 1. The standard InChI is InChI=1S/C17H26N6O/c1-12-10-15(24)20-17(19-12)22(3)11-13-6-5-9-21(2)16(13)14-7-8-18-23(14)4/h7-8,10,13,16H,5-6,9,11H2,1-4H3,(H,19,20,24)/t13-,16+/m0/s1. The summed E-state index contributed by atoms with van der Waals surface area (Å²) in [5.74, 6) is 1.09. The van der Waals surface area contributed by atoms with Gasteiger partial charge in [0.25, 0.3) is 5.56 Å². The zero-order chi connectivity index (χ0) is 17.3. The molecule has 1 aliphatic heterocycles. The van der Waals surface area contributed by atoms with E-state index in [-0.39, 0.29) is 5.56 Å². The third-order valence-corrected chi connectivity index (χ3v) is 4.90. The fourth-order valence-electron chi connectivity index (χ4n) is 3.77. The summed E-state index contributed by atoms with van der Waals surface area (Å²) in [6.45, 7) is 3.78. The molecule has 0 saturated carbocycles. The van der Waals surface area contributed by atoms with E-state index in [9.17, 15) is 4.79 Å². The molecule has 0 unspecified atom stereocenters. The second-order valence-electron chi connectivity index (χ2n) is 6.80. The van der Waals surface area contributed by atoms with Crippen molar-refractivity contribution in [2.45, 2.75) is 25.8 Å². The maximum absolute atomic E-state index is 11.7. The molecule has 2 aromatic rings. The quantitative estimate of drug-likeness (QED) is 0.916. The number of piperidine rings is 1. The van der Waals surface area contributed by atoms with Crippen LogP contribution in [0.25, 0.3) is 0 Å². The Balaban J connectivity index is 1.83. The van der Waals surface area contributed by atoms with Crippen LogP contribution < -0.4 is 10.5 Å². The first-order valence-corrected chi connectivity index (χ1v) is 8.43. The van der Waals surface area contributed by atoms with Crippen LogP contribution in [0.5, 0.6) is 0 Å². The zero-order valence-corrected chi connectivity index (χ0v) is 14.9. The molecule has 0 radical (unpaired) electrons. The average molecular weight is 330 g/mol. The lowest BCUT2D eigenvalue weighted by molar-refractivity contribution is 0.117. The summed E-state index contributed by atoms with van der Waals surface area (Å²) in [5, 5.41) is 4.34. The monoisotopic (exact) mass is 330 g/mol. The maximum atomic E-state index is 11.7. The van der Waals surface area contributed by atoms with Gasteiger partial charge in [0, 0.05) is 38.6 Å². The summed E-state index contributed by atoms with van der Waals surface area (Å²) >= 11 is 0. The van der Waals surface area contributed by atoms with Crippen LogP contribution in [0, 0.1) is 12.8 Å². The van der Waals surface area contributed by atoms with E-state index in [1.807, 2.05) is 31.9 Å². The highest BCUT2D eigenvalue weighted by atomic mass is 16.1. The number of hydrogen-bond donors (Lipinski definition) is 1. The first-order chi connectivity index (χ1) is 11.5. The summed E-state index contributed by atoms with van der Waals surface area (Å²) in [5.41, 5.74) is 1.87. The van der Waals surface area contributed by atoms with Gasteiger partial charge in [-0.25, -0.2) is 4.98 Å². The number of aromatic amines is 1. The van der Waals surface area contributed by atoms with Gasteiger partial charge in [0.1, 0.15) is 0 Å². The molecule has 7 nitrogen and oxygen atoms in total. The van der Waals surface area contributed by atoms with Gasteiger partial charge in [-0.1, -0.05) is 0 Å². The highest BCUT2D eigenvalue weighted by molar-refractivity contribution is 5.29. The average Bonchev–Trinajstić information content (AvgIpc) is 2.92. The minimum absolute atomic E-state index is 0.103. The lowest BCUT2D eigenvalue weighted by atomic mass is 9.87. The zero-order valence-electron chi connectivity index (χ0n) is 14.9. The molecule has 2 aromatic heterocycles. The van der Waals surface area contributed by atoms with Crippen LogP contribution in [-0.2, 0) is 7.05 Å². The molecule has 3 rings (SSSR count). The van der Waals surface area contributed by atoms with Crippen molar-refractivity contribution in [3.8, 4) is 0 Å². The van der Waals surface area contributed by atoms with Crippen molar-refractivity contribution in [3.63, 3.8) is 0 Å². The van der Waals surface area contributed by atoms with E-state index >= 15 is 0 Å². The predicted octanol–water partition coefficient (Wildman–Crippen LogP) is 1.33. The second kappa shape index (κ2) is 6.76. The van der Waals surface area contributed by atoms with E-state index in [0.29, 0.717) is 17.9 Å². The van der Waals surface area contributed by atoms with Crippen LogP contribution in [0.3, 0.4) is 0 Å². The molecule has 130 valence electrons. The van der Waals surface area contributed by atoms with Gasteiger partial charge in [-0.15, -0.1) is 0 Å². The van der Waals surface area contributed by atoms with Crippen LogP contribution in [-0.4, -0.2) is 51.8 Å². The van der Waals surface area contributed by atoms with E-state index in [1.165, 1.54) is 18.2 Å². The summed E-state index contributed by atoms with van der Waals surface area (Å²) in [7, 11) is 6.17. The smallest absolute Gasteiger partial charge is 0.252 e. The van der Waals surface area contributed by atoms with E-state index in [1.54, 1.807) is 0 Å². The summed E-state index contributed by atoms with van der Waals surface area (Å²) in [6, 6.07) is 3.95. The third kappa shape index (κ3) is 3.36. The number of aryl methyl sites for hydroxylation is 2. The molecule has 1 N–H and O–H groups in total. The number of hydrogen-bond acceptors (Lipinski definition) is 5. The lowest BCUT2D eigenvalue weighted by Gasteiger charge is -2.40. The van der Waals surface area contributed by atoms with Crippen LogP contribution in [0.2, 0.25) is 0 Å². The van der Waals surface area contributed by atoms with E-state index < -0.39 is 0 Å². The van der Waals surface area contributed by atoms with Gasteiger partial charge in [-0.2, -0.15) is 5.10 Å². The second-order valence-corrected chi connectivity index (χ2v) is 6.80. The molecule has 2 atom stereocenters. The Bertz CT molecular complexity index is 752. The lowest BCUT2D eigenvalue weighted by Crippen LogP contribution is -2.42. The fourth-order valence-corrected chi connectivity index (χ4v) is 3.77. The number of anilines is 1. The van der Waals surface area contributed by atoms with E-state index in [4.69, 9.17) is 0 Å². The largest absolute Gasteiger partial charge is 0.345 e. The Hall–Kier alpha value is -2.15. The van der Waals surface area contributed by atoms with Crippen molar-refractivity contribution in [3.05, 3.63) is 40.1 Å². The van der Waals surface area contributed by atoms with Crippen LogP contribution in [0.1, 0.15) is 30.3 Å². The molecule has 0 aliphatic carbocycles. The molecule has 1 aliphatic rings. The number of likely N-dealkylation sites (tertiary alicyclic amines) is 1.